The van der Waals surface area contributed by atoms with Gasteiger partial charge in [-0.2, -0.15) is 0 Å². The van der Waals surface area contributed by atoms with Crippen LogP contribution in [0.3, 0.4) is 0 Å². The zero-order valence-electron chi connectivity index (χ0n) is 9.06. The summed E-state index contributed by atoms with van der Waals surface area (Å²) in [6.07, 6.45) is 6.12. The summed E-state index contributed by atoms with van der Waals surface area (Å²) >= 11 is 0. The summed E-state index contributed by atoms with van der Waals surface area (Å²) in [6.45, 7) is 8.24. The first kappa shape index (κ1) is 12.0. The number of unbranched alkanes of at least 4 members (excludes halogenated alkanes) is 2. The van der Waals surface area contributed by atoms with Crippen molar-refractivity contribution in [2.45, 2.75) is 65.4 Å². The fourth-order valence-corrected chi connectivity index (χ4v) is 1.70. The molecule has 0 aromatic rings. The molecule has 1 nitrogen and oxygen atoms in total. The van der Waals surface area contributed by atoms with Gasteiger partial charge in [0.15, 0.2) is 0 Å². The molecule has 12 heavy (non-hydrogen) atoms. The lowest BCUT2D eigenvalue weighted by atomic mass is 9.91. The maximum Gasteiger partial charge on any atom is 0.0594 e. The number of hydrogen-bond donors (Lipinski definition) is 1. The Hall–Kier alpha value is -0.0400. The van der Waals surface area contributed by atoms with E-state index in [2.05, 4.69) is 13.8 Å². The molecule has 0 heterocycles. The summed E-state index contributed by atoms with van der Waals surface area (Å²) < 4.78 is 0. The van der Waals surface area contributed by atoms with Crippen molar-refractivity contribution in [1.29, 1.82) is 0 Å². The van der Waals surface area contributed by atoms with Crippen LogP contribution >= 0.6 is 0 Å². The lowest BCUT2D eigenvalue weighted by Gasteiger charge is -2.21. The molecule has 1 heteroatoms. The van der Waals surface area contributed by atoms with Gasteiger partial charge in [-0.25, -0.2) is 0 Å². The minimum Gasteiger partial charge on any atom is -0.390 e. The Balaban J connectivity index is 3.40. The smallest absolute Gasteiger partial charge is 0.0594 e. The second-order valence-electron chi connectivity index (χ2n) is 4.62. The van der Waals surface area contributed by atoms with E-state index in [4.69, 9.17) is 0 Å². The molecule has 1 N–H and O–H groups in total. The second-order valence-corrected chi connectivity index (χ2v) is 4.62. The highest BCUT2D eigenvalue weighted by Gasteiger charge is 2.16. The minimum atomic E-state index is -0.481. The molecule has 74 valence electrons. The molecule has 0 aliphatic rings. The number of aliphatic hydroxyl groups is 1. The Morgan fingerprint density at radius 2 is 1.83 bits per heavy atom. The van der Waals surface area contributed by atoms with E-state index in [1.54, 1.807) is 0 Å². The van der Waals surface area contributed by atoms with E-state index in [1.165, 1.54) is 25.7 Å². The van der Waals surface area contributed by atoms with Crippen molar-refractivity contribution < 1.29 is 5.11 Å². The van der Waals surface area contributed by atoms with Crippen molar-refractivity contribution in [2.75, 3.05) is 0 Å². The van der Waals surface area contributed by atoms with Gasteiger partial charge in [0, 0.05) is 0 Å². The van der Waals surface area contributed by atoms with Crippen LogP contribution in [0.15, 0.2) is 0 Å². The van der Waals surface area contributed by atoms with E-state index < -0.39 is 5.60 Å². The van der Waals surface area contributed by atoms with E-state index in [0.717, 1.165) is 6.42 Å². The van der Waals surface area contributed by atoms with E-state index in [0.29, 0.717) is 5.92 Å². The number of hydrogen-bond acceptors (Lipinski definition) is 1. The van der Waals surface area contributed by atoms with Crippen LogP contribution in [-0.4, -0.2) is 10.7 Å². The highest BCUT2D eigenvalue weighted by Crippen LogP contribution is 2.20. The molecule has 0 amide bonds. The molecule has 0 fully saturated rings. The quantitative estimate of drug-likeness (QED) is 0.609. The van der Waals surface area contributed by atoms with Gasteiger partial charge in [-0.05, 0) is 26.2 Å². The molecule has 1 unspecified atom stereocenters. The summed E-state index contributed by atoms with van der Waals surface area (Å²) in [6, 6.07) is 0. The highest BCUT2D eigenvalue weighted by molar-refractivity contribution is 4.69. The Morgan fingerprint density at radius 1 is 1.25 bits per heavy atom. The summed E-state index contributed by atoms with van der Waals surface area (Å²) in [5, 5.41) is 9.54. The summed E-state index contributed by atoms with van der Waals surface area (Å²) in [5.74, 6) is 0.663. The normalized spacial score (nSPS) is 14.8. The van der Waals surface area contributed by atoms with Crippen LogP contribution in [0.4, 0.5) is 0 Å². The van der Waals surface area contributed by atoms with E-state index in [-0.39, 0.29) is 0 Å². The van der Waals surface area contributed by atoms with Crippen LogP contribution in [0, 0.1) is 5.92 Å². The second kappa shape index (κ2) is 5.58. The Kier molecular flexibility index (Phi) is 5.56. The lowest BCUT2D eigenvalue weighted by Crippen LogP contribution is -2.21. The average Bonchev–Trinajstić information content (AvgIpc) is 1.84. The fourth-order valence-electron chi connectivity index (χ4n) is 1.70. The summed E-state index contributed by atoms with van der Waals surface area (Å²) in [4.78, 5) is 0. The Morgan fingerprint density at radius 3 is 2.25 bits per heavy atom. The van der Waals surface area contributed by atoms with Gasteiger partial charge < -0.3 is 5.11 Å². The van der Waals surface area contributed by atoms with E-state index in [1.807, 2.05) is 13.8 Å². The topological polar surface area (TPSA) is 20.2 Å². The molecule has 0 spiro atoms. The maximum absolute atomic E-state index is 9.54. The minimum absolute atomic E-state index is 0.481. The first-order valence-electron chi connectivity index (χ1n) is 5.18. The van der Waals surface area contributed by atoms with Crippen molar-refractivity contribution in [3.05, 3.63) is 0 Å². The molecule has 0 saturated carbocycles. The lowest BCUT2D eigenvalue weighted by molar-refractivity contribution is 0.0536. The predicted octanol–water partition coefficient (Wildman–Crippen LogP) is 3.36. The van der Waals surface area contributed by atoms with Crippen molar-refractivity contribution >= 4 is 0 Å². The standard InChI is InChI=1S/C11H24O/c1-5-6-7-8-10(2)9-11(3,4)12/h10,12H,5-9H2,1-4H3. The number of rotatable bonds is 6. The molecule has 0 aliphatic heterocycles. The third-order valence-electron chi connectivity index (χ3n) is 2.15. The van der Waals surface area contributed by atoms with Gasteiger partial charge in [0.2, 0.25) is 0 Å². The van der Waals surface area contributed by atoms with Crippen molar-refractivity contribution in [3.8, 4) is 0 Å². The molecular formula is C11H24O. The van der Waals surface area contributed by atoms with Gasteiger partial charge in [0.25, 0.3) is 0 Å². The third kappa shape index (κ3) is 8.06. The highest BCUT2D eigenvalue weighted by atomic mass is 16.3. The molecule has 0 rings (SSSR count). The Bertz CT molecular complexity index is 102. The van der Waals surface area contributed by atoms with Crippen LogP contribution in [0.25, 0.3) is 0 Å². The van der Waals surface area contributed by atoms with Crippen molar-refractivity contribution in [1.82, 2.24) is 0 Å². The SMILES string of the molecule is CCCCCC(C)CC(C)(C)O. The van der Waals surface area contributed by atoms with Crippen LogP contribution in [-0.2, 0) is 0 Å². The van der Waals surface area contributed by atoms with E-state index in [9.17, 15) is 5.11 Å². The van der Waals surface area contributed by atoms with Gasteiger partial charge in [-0.15, -0.1) is 0 Å². The van der Waals surface area contributed by atoms with Gasteiger partial charge in [-0.3, -0.25) is 0 Å². The predicted molar refractivity (Wildman–Crippen MR) is 54.2 cm³/mol. The summed E-state index contributed by atoms with van der Waals surface area (Å²) in [5.41, 5.74) is -0.481. The average molecular weight is 172 g/mol. The van der Waals surface area contributed by atoms with Crippen LogP contribution in [0.5, 0.6) is 0 Å². The van der Waals surface area contributed by atoms with Crippen LogP contribution in [0.2, 0.25) is 0 Å². The molecular weight excluding hydrogens is 148 g/mol. The fraction of sp³-hybridized carbons (Fsp3) is 1.00. The van der Waals surface area contributed by atoms with Crippen LogP contribution < -0.4 is 0 Å². The van der Waals surface area contributed by atoms with Crippen molar-refractivity contribution in [3.63, 3.8) is 0 Å². The molecule has 1 atom stereocenters. The monoisotopic (exact) mass is 172 g/mol. The third-order valence-corrected chi connectivity index (χ3v) is 2.15. The summed E-state index contributed by atoms with van der Waals surface area (Å²) in [7, 11) is 0. The zero-order valence-corrected chi connectivity index (χ0v) is 9.06. The molecule has 0 saturated heterocycles. The van der Waals surface area contributed by atoms with E-state index >= 15 is 0 Å². The van der Waals surface area contributed by atoms with Gasteiger partial charge in [0.05, 0.1) is 5.60 Å². The largest absolute Gasteiger partial charge is 0.390 e. The van der Waals surface area contributed by atoms with Gasteiger partial charge in [-0.1, -0.05) is 39.5 Å². The van der Waals surface area contributed by atoms with Gasteiger partial charge >= 0.3 is 0 Å². The molecule has 0 aromatic carbocycles. The molecule has 0 radical (unpaired) electrons. The first-order valence-corrected chi connectivity index (χ1v) is 5.18. The molecule has 0 aliphatic carbocycles. The van der Waals surface area contributed by atoms with Gasteiger partial charge in [0.1, 0.15) is 0 Å². The first-order chi connectivity index (χ1) is 5.45. The van der Waals surface area contributed by atoms with Crippen LogP contribution in [0.1, 0.15) is 59.8 Å². The molecule has 0 bridgehead atoms. The Labute approximate surface area is 77.2 Å². The zero-order chi connectivity index (χ0) is 9.61. The van der Waals surface area contributed by atoms with Crippen molar-refractivity contribution in [2.24, 2.45) is 5.92 Å². The maximum atomic E-state index is 9.54. The molecule has 0 aromatic heterocycles.